The lowest BCUT2D eigenvalue weighted by Crippen LogP contribution is -1.99. The number of hydrogen-bond donors (Lipinski definition) is 2. The summed E-state index contributed by atoms with van der Waals surface area (Å²) in [5.74, 6) is -0.494. The van der Waals surface area contributed by atoms with Crippen molar-refractivity contribution >= 4 is 28.1 Å². The summed E-state index contributed by atoms with van der Waals surface area (Å²) in [5, 5.41) is 12.7. The molecule has 0 aliphatic carbocycles. The Kier molecular flexibility index (Phi) is 3.85. The molecule has 4 nitrogen and oxygen atoms in total. The van der Waals surface area contributed by atoms with E-state index in [1.807, 2.05) is 12.1 Å². The second-order valence-electron chi connectivity index (χ2n) is 4.63. The molecular formula is C14H16N2O2S. The molecule has 2 N–H and O–H groups in total. The molecule has 0 aliphatic rings. The van der Waals surface area contributed by atoms with Gasteiger partial charge >= 0.3 is 5.97 Å². The van der Waals surface area contributed by atoms with Gasteiger partial charge in [0.05, 0.1) is 0 Å². The summed E-state index contributed by atoms with van der Waals surface area (Å²) in [7, 11) is 0. The number of aromatic nitrogens is 1. The molecule has 0 spiro atoms. The van der Waals surface area contributed by atoms with Gasteiger partial charge in [-0.3, -0.25) is 0 Å². The van der Waals surface area contributed by atoms with Crippen LogP contribution in [0.5, 0.6) is 0 Å². The monoisotopic (exact) mass is 276 g/mol. The zero-order valence-electron chi connectivity index (χ0n) is 11.1. The second-order valence-corrected chi connectivity index (χ2v) is 5.83. The maximum atomic E-state index is 10.9. The number of hydrogen-bond acceptors (Lipinski definition) is 4. The first-order valence-corrected chi connectivity index (χ1v) is 6.86. The lowest BCUT2D eigenvalue weighted by molar-refractivity contribution is 0.0690. The van der Waals surface area contributed by atoms with Gasteiger partial charge < -0.3 is 10.4 Å². The standard InChI is InChI=1S/C14H16N2O2S/c1-8(2)10-4-6-11(7-5-10)15-14-16-12(13(17)18)9(3)19-14/h4-8H,1-3H3,(H,15,16)(H,17,18). The van der Waals surface area contributed by atoms with Crippen molar-refractivity contribution in [1.82, 2.24) is 4.98 Å². The van der Waals surface area contributed by atoms with E-state index in [4.69, 9.17) is 5.11 Å². The van der Waals surface area contributed by atoms with Crippen LogP contribution >= 0.6 is 11.3 Å². The van der Waals surface area contributed by atoms with Crippen molar-refractivity contribution in [3.8, 4) is 0 Å². The number of anilines is 2. The maximum absolute atomic E-state index is 10.9. The van der Waals surface area contributed by atoms with Crippen molar-refractivity contribution in [2.24, 2.45) is 0 Å². The zero-order chi connectivity index (χ0) is 14.0. The molecule has 0 bridgehead atoms. The number of aromatic carboxylic acids is 1. The van der Waals surface area contributed by atoms with Crippen LogP contribution in [-0.2, 0) is 0 Å². The number of carboxylic acids is 1. The van der Waals surface area contributed by atoms with Gasteiger partial charge in [0.2, 0.25) is 0 Å². The first-order valence-electron chi connectivity index (χ1n) is 6.05. The average Bonchev–Trinajstić information content (AvgIpc) is 2.71. The predicted molar refractivity (Wildman–Crippen MR) is 77.6 cm³/mol. The van der Waals surface area contributed by atoms with Gasteiger partial charge in [-0.2, -0.15) is 0 Å². The SMILES string of the molecule is Cc1sc(Nc2ccc(C(C)C)cc2)nc1C(=O)O. The number of benzene rings is 1. The van der Waals surface area contributed by atoms with Gasteiger partial charge in [-0.15, -0.1) is 11.3 Å². The summed E-state index contributed by atoms with van der Waals surface area (Å²) in [4.78, 5) is 15.7. The normalized spacial score (nSPS) is 10.7. The van der Waals surface area contributed by atoms with Gasteiger partial charge in [-0.25, -0.2) is 9.78 Å². The molecule has 2 aromatic rings. The highest BCUT2D eigenvalue weighted by atomic mass is 32.1. The Morgan fingerprint density at radius 3 is 2.42 bits per heavy atom. The topological polar surface area (TPSA) is 62.2 Å². The molecule has 0 amide bonds. The summed E-state index contributed by atoms with van der Waals surface area (Å²) >= 11 is 1.34. The molecule has 0 unspecified atom stereocenters. The Labute approximate surface area is 116 Å². The molecule has 19 heavy (non-hydrogen) atoms. The van der Waals surface area contributed by atoms with Crippen molar-refractivity contribution in [3.05, 3.63) is 40.4 Å². The smallest absolute Gasteiger partial charge is 0.355 e. The third-order valence-corrected chi connectivity index (χ3v) is 3.71. The van der Waals surface area contributed by atoms with Crippen molar-refractivity contribution < 1.29 is 9.90 Å². The lowest BCUT2D eigenvalue weighted by atomic mass is 10.0. The Balaban J connectivity index is 2.17. The van der Waals surface area contributed by atoms with Crippen LogP contribution in [0, 0.1) is 6.92 Å². The molecule has 0 saturated carbocycles. The minimum absolute atomic E-state index is 0.117. The van der Waals surface area contributed by atoms with Crippen molar-refractivity contribution in [2.75, 3.05) is 5.32 Å². The van der Waals surface area contributed by atoms with Gasteiger partial charge in [-0.1, -0.05) is 26.0 Å². The third-order valence-electron chi connectivity index (χ3n) is 2.83. The Morgan fingerprint density at radius 1 is 1.32 bits per heavy atom. The van der Waals surface area contributed by atoms with E-state index in [1.165, 1.54) is 16.9 Å². The number of rotatable bonds is 4. The number of thiazole rings is 1. The molecule has 0 atom stereocenters. The molecule has 0 radical (unpaired) electrons. The first kappa shape index (κ1) is 13.5. The number of carboxylic acid groups (broad SMARTS) is 1. The largest absolute Gasteiger partial charge is 0.476 e. The van der Waals surface area contributed by atoms with Crippen molar-refractivity contribution in [2.45, 2.75) is 26.7 Å². The Bertz CT molecular complexity index is 588. The molecule has 1 heterocycles. The summed E-state index contributed by atoms with van der Waals surface area (Å²) in [6, 6.07) is 8.08. The third kappa shape index (κ3) is 3.12. The van der Waals surface area contributed by atoms with Crippen LogP contribution in [0.2, 0.25) is 0 Å². The van der Waals surface area contributed by atoms with E-state index in [0.29, 0.717) is 15.9 Å². The molecular weight excluding hydrogens is 260 g/mol. The van der Waals surface area contributed by atoms with Gasteiger partial charge in [0.25, 0.3) is 0 Å². The summed E-state index contributed by atoms with van der Waals surface area (Å²) < 4.78 is 0. The van der Waals surface area contributed by atoms with E-state index in [0.717, 1.165) is 5.69 Å². The van der Waals surface area contributed by atoms with Crippen molar-refractivity contribution in [1.29, 1.82) is 0 Å². The highest BCUT2D eigenvalue weighted by molar-refractivity contribution is 7.15. The van der Waals surface area contributed by atoms with E-state index >= 15 is 0 Å². The van der Waals surface area contributed by atoms with E-state index in [9.17, 15) is 4.79 Å². The van der Waals surface area contributed by atoms with Crippen LogP contribution in [0.4, 0.5) is 10.8 Å². The van der Waals surface area contributed by atoms with Crippen LogP contribution in [0.3, 0.4) is 0 Å². The minimum atomic E-state index is -0.989. The van der Waals surface area contributed by atoms with Gasteiger partial charge in [0.1, 0.15) is 0 Å². The quantitative estimate of drug-likeness (QED) is 0.885. The second kappa shape index (κ2) is 5.40. The molecule has 0 saturated heterocycles. The fraction of sp³-hybridized carbons (Fsp3) is 0.286. The average molecular weight is 276 g/mol. The zero-order valence-corrected chi connectivity index (χ0v) is 11.9. The minimum Gasteiger partial charge on any atom is -0.476 e. The lowest BCUT2D eigenvalue weighted by Gasteiger charge is -2.07. The predicted octanol–water partition coefficient (Wildman–Crippen LogP) is 4.02. The molecule has 0 fully saturated rings. The van der Waals surface area contributed by atoms with E-state index < -0.39 is 5.97 Å². The van der Waals surface area contributed by atoms with Crippen LogP contribution in [0.25, 0.3) is 0 Å². The fourth-order valence-electron chi connectivity index (χ4n) is 1.72. The highest BCUT2D eigenvalue weighted by Crippen LogP contribution is 2.26. The van der Waals surface area contributed by atoms with Gasteiger partial charge in [0.15, 0.2) is 10.8 Å². The van der Waals surface area contributed by atoms with E-state index in [1.54, 1.807) is 6.92 Å². The van der Waals surface area contributed by atoms with E-state index in [-0.39, 0.29) is 5.69 Å². The molecule has 0 aliphatic heterocycles. The number of nitrogens with zero attached hydrogens (tertiary/aromatic N) is 1. The maximum Gasteiger partial charge on any atom is 0.355 e. The van der Waals surface area contributed by atoms with Crippen molar-refractivity contribution in [3.63, 3.8) is 0 Å². The van der Waals surface area contributed by atoms with Gasteiger partial charge in [0, 0.05) is 10.6 Å². The van der Waals surface area contributed by atoms with E-state index in [2.05, 4.69) is 36.3 Å². The highest BCUT2D eigenvalue weighted by Gasteiger charge is 2.13. The van der Waals surface area contributed by atoms with Crippen LogP contribution in [0.1, 0.15) is 40.7 Å². The first-order chi connectivity index (χ1) is 8.97. The van der Waals surface area contributed by atoms with Gasteiger partial charge in [-0.05, 0) is 30.5 Å². The summed E-state index contributed by atoms with van der Waals surface area (Å²) in [6.07, 6.45) is 0. The summed E-state index contributed by atoms with van der Waals surface area (Å²) in [5.41, 5.74) is 2.30. The fourth-order valence-corrected chi connectivity index (χ4v) is 2.55. The number of aryl methyl sites for hydroxylation is 1. The molecule has 1 aromatic carbocycles. The molecule has 1 aromatic heterocycles. The Morgan fingerprint density at radius 2 is 1.95 bits per heavy atom. The van der Waals surface area contributed by atoms with Crippen LogP contribution in [0.15, 0.2) is 24.3 Å². The molecule has 5 heteroatoms. The summed E-state index contributed by atoms with van der Waals surface area (Å²) in [6.45, 7) is 6.05. The molecule has 2 rings (SSSR count). The number of carbonyl (C=O) groups is 1. The number of nitrogens with one attached hydrogen (secondary N) is 1. The molecule has 100 valence electrons. The Hall–Kier alpha value is -1.88. The van der Waals surface area contributed by atoms with Crippen LogP contribution in [-0.4, -0.2) is 16.1 Å². The van der Waals surface area contributed by atoms with Crippen LogP contribution < -0.4 is 5.32 Å².